The van der Waals surface area contributed by atoms with Crippen molar-refractivity contribution in [2.45, 2.75) is 26.1 Å². The average molecular weight is 213 g/mol. The monoisotopic (exact) mass is 213 g/mol. The van der Waals surface area contributed by atoms with E-state index in [0.717, 1.165) is 6.54 Å². The number of rotatable bonds is 7. The number of nitrogens with one attached hydrogen (secondary N) is 1. The molecule has 1 aromatic rings. The normalized spacial score (nSPS) is 15.1. The number of ether oxygens (including phenoxy) is 1. The zero-order valence-corrected chi connectivity index (χ0v) is 9.27. The number of furan rings is 1. The van der Waals surface area contributed by atoms with Gasteiger partial charge in [-0.25, -0.2) is 0 Å². The van der Waals surface area contributed by atoms with Crippen LogP contribution in [0.2, 0.25) is 0 Å². The lowest BCUT2D eigenvalue weighted by atomic mass is 10.2. The first kappa shape index (κ1) is 12.2. The van der Waals surface area contributed by atoms with E-state index in [1.807, 2.05) is 13.8 Å². The molecule has 0 bridgehead atoms. The highest BCUT2D eigenvalue weighted by Crippen LogP contribution is 2.11. The Hall–Kier alpha value is -0.840. The molecule has 1 heterocycles. The second-order valence-corrected chi connectivity index (χ2v) is 3.46. The summed E-state index contributed by atoms with van der Waals surface area (Å²) in [5.74, 6) is 0.589. The molecule has 0 radical (unpaired) electrons. The highest BCUT2D eigenvalue weighted by molar-refractivity contribution is 5.02. The van der Waals surface area contributed by atoms with Crippen LogP contribution in [0.1, 0.15) is 25.7 Å². The van der Waals surface area contributed by atoms with Gasteiger partial charge in [-0.05, 0) is 26.0 Å². The van der Waals surface area contributed by atoms with E-state index in [1.165, 1.54) is 0 Å². The first-order valence-corrected chi connectivity index (χ1v) is 5.27. The molecule has 0 spiro atoms. The Bertz CT molecular complexity index is 248. The number of aliphatic hydroxyl groups is 1. The third-order valence-electron chi connectivity index (χ3n) is 2.09. The Labute approximate surface area is 90.2 Å². The SMILES string of the molecule is CCOC(C)CNCC(O)c1ccco1. The van der Waals surface area contributed by atoms with Gasteiger partial charge in [0.2, 0.25) is 0 Å². The molecule has 86 valence electrons. The zero-order valence-electron chi connectivity index (χ0n) is 9.27. The van der Waals surface area contributed by atoms with E-state index >= 15 is 0 Å². The molecule has 0 saturated heterocycles. The minimum atomic E-state index is -0.589. The van der Waals surface area contributed by atoms with Gasteiger partial charge in [0.15, 0.2) is 0 Å². The van der Waals surface area contributed by atoms with Crippen molar-refractivity contribution in [3.05, 3.63) is 24.2 Å². The molecule has 1 rings (SSSR count). The fraction of sp³-hybridized carbons (Fsp3) is 0.636. The summed E-state index contributed by atoms with van der Waals surface area (Å²) in [4.78, 5) is 0. The van der Waals surface area contributed by atoms with Crippen LogP contribution >= 0.6 is 0 Å². The van der Waals surface area contributed by atoms with Crippen LogP contribution in [0, 0.1) is 0 Å². The van der Waals surface area contributed by atoms with Gasteiger partial charge < -0.3 is 19.6 Å². The minimum Gasteiger partial charge on any atom is -0.467 e. The van der Waals surface area contributed by atoms with Crippen molar-refractivity contribution in [1.29, 1.82) is 0 Å². The van der Waals surface area contributed by atoms with Crippen LogP contribution in [0.5, 0.6) is 0 Å². The molecular formula is C11H19NO3. The van der Waals surface area contributed by atoms with Crippen molar-refractivity contribution in [2.75, 3.05) is 19.7 Å². The summed E-state index contributed by atoms with van der Waals surface area (Å²) in [6.07, 6.45) is 1.13. The van der Waals surface area contributed by atoms with Crippen molar-refractivity contribution < 1.29 is 14.3 Å². The summed E-state index contributed by atoms with van der Waals surface area (Å²) in [6.45, 7) is 5.88. The van der Waals surface area contributed by atoms with Gasteiger partial charge in [-0.2, -0.15) is 0 Å². The van der Waals surface area contributed by atoms with Gasteiger partial charge >= 0.3 is 0 Å². The molecule has 4 nitrogen and oxygen atoms in total. The fourth-order valence-corrected chi connectivity index (χ4v) is 1.35. The minimum absolute atomic E-state index is 0.166. The molecule has 0 aliphatic carbocycles. The maximum atomic E-state index is 9.66. The molecule has 2 atom stereocenters. The fourth-order valence-electron chi connectivity index (χ4n) is 1.35. The Kier molecular flexibility index (Phi) is 5.39. The van der Waals surface area contributed by atoms with Crippen molar-refractivity contribution in [3.8, 4) is 0 Å². The van der Waals surface area contributed by atoms with Crippen LogP contribution in [-0.4, -0.2) is 30.9 Å². The van der Waals surface area contributed by atoms with Crippen LogP contribution in [0.15, 0.2) is 22.8 Å². The topological polar surface area (TPSA) is 54.6 Å². The lowest BCUT2D eigenvalue weighted by Crippen LogP contribution is -2.30. The molecule has 4 heteroatoms. The summed E-state index contributed by atoms with van der Waals surface area (Å²) in [5.41, 5.74) is 0. The number of aliphatic hydroxyl groups excluding tert-OH is 1. The van der Waals surface area contributed by atoms with E-state index in [4.69, 9.17) is 9.15 Å². The predicted molar refractivity (Wildman–Crippen MR) is 57.6 cm³/mol. The Morgan fingerprint density at radius 2 is 2.33 bits per heavy atom. The molecule has 0 amide bonds. The second-order valence-electron chi connectivity index (χ2n) is 3.46. The molecule has 0 aromatic carbocycles. The smallest absolute Gasteiger partial charge is 0.133 e. The molecule has 0 fully saturated rings. The van der Waals surface area contributed by atoms with Crippen LogP contribution in [0.25, 0.3) is 0 Å². The molecule has 1 aromatic heterocycles. The van der Waals surface area contributed by atoms with Crippen LogP contribution in [0.4, 0.5) is 0 Å². The highest BCUT2D eigenvalue weighted by atomic mass is 16.5. The molecule has 0 aliphatic heterocycles. The summed E-state index contributed by atoms with van der Waals surface area (Å²) in [6, 6.07) is 3.53. The van der Waals surface area contributed by atoms with E-state index in [9.17, 15) is 5.11 Å². The second kappa shape index (κ2) is 6.61. The first-order chi connectivity index (χ1) is 7.24. The van der Waals surface area contributed by atoms with Gasteiger partial charge in [-0.15, -0.1) is 0 Å². The number of hydrogen-bond donors (Lipinski definition) is 2. The van der Waals surface area contributed by atoms with Crippen molar-refractivity contribution in [1.82, 2.24) is 5.32 Å². The van der Waals surface area contributed by atoms with Crippen molar-refractivity contribution >= 4 is 0 Å². The first-order valence-electron chi connectivity index (χ1n) is 5.27. The summed E-state index contributed by atoms with van der Waals surface area (Å²) < 4.78 is 10.4. The Morgan fingerprint density at radius 3 is 2.93 bits per heavy atom. The average Bonchev–Trinajstić information content (AvgIpc) is 2.70. The Morgan fingerprint density at radius 1 is 1.53 bits per heavy atom. The van der Waals surface area contributed by atoms with Crippen LogP contribution in [0.3, 0.4) is 0 Å². The van der Waals surface area contributed by atoms with Gasteiger partial charge in [0.1, 0.15) is 11.9 Å². The maximum absolute atomic E-state index is 9.66. The standard InChI is InChI=1S/C11H19NO3/c1-3-14-9(2)7-12-8-10(13)11-5-4-6-15-11/h4-6,9-10,12-13H,3,7-8H2,1-2H3. The molecule has 0 saturated carbocycles. The molecule has 0 aliphatic rings. The Balaban J connectivity index is 2.15. The lowest BCUT2D eigenvalue weighted by molar-refractivity contribution is 0.0709. The van der Waals surface area contributed by atoms with Gasteiger partial charge in [0, 0.05) is 19.7 Å². The van der Waals surface area contributed by atoms with E-state index < -0.39 is 6.10 Å². The molecular weight excluding hydrogens is 194 g/mol. The van der Waals surface area contributed by atoms with Crippen molar-refractivity contribution in [3.63, 3.8) is 0 Å². The van der Waals surface area contributed by atoms with E-state index in [1.54, 1.807) is 18.4 Å². The lowest BCUT2D eigenvalue weighted by Gasteiger charge is -2.14. The summed E-state index contributed by atoms with van der Waals surface area (Å²) in [5, 5.41) is 12.8. The van der Waals surface area contributed by atoms with Gasteiger partial charge in [0.25, 0.3) is 0 Å². The van der Waals surface area contributed by atoms with E-state index in [-0.39, 0.29) is 6.10 Å². The molecule has 2 N–H and O–H groups in total. The zero-order chi connectivity index (χ0) is 11.1. The van der Waals surface area contributed by atoms with E-state index in [2.05, 4.69) is 5.32 Å². The van der Waals surface area contributed by atoms with Gasteiger partial charge in [-0.1, -0.05) is 0 Å². The molecule has 2 unspecified atom stereocenters. The van der Waals surface area contributed by atoms with Crippen LogP contribution in [-0.2, 0) is 4.74 Å². The third-order valence-corrected chi connectivity index (χ3v) is 2.09. The molecule has 15 heavy (non-hydrogen) atoms. The quantitative estimate of drug-likeness (QED) is 0.717. The predicted octanol–water partition coefficient (Wildman–Crippen LogP) is 1.33. The largest absolute Gasteiger partial charge is 0.467 e. The van der Waals surface area contributed by atoms with Crippen molar-refractivity contribution in [2.24, 2.45) is 0 Å². The van der Waals surface area contributed by atoms with Crippen LogP contribution < -0.4 is 5.32 Å². The van der Waals surface area contributed by atoms with E-state index in [0.29, 0.717) is 18.9 Å². The maximum Gasteiger partial charge on any atom is 0.133 e. The van der Waals surface area contributed by atoms with Gasteiger partial charge in [0.05, 0.1) is 12.4 Å². The van der Waals surface area contributed by atoms with Gasteiger partial charge in [-0.3, -0.25) is 0 Å². The third kappa shape index (κ3) is 4.46. The summed E-state index contributed by atoms with van der Waals surface area (Å²) in [7, 11) is 0. The summed E-state index contributed by atoms with van der Waals surface area (Å²) >= 11 is 0. The number of hydrogen-bond acceptors (Lipinski definition) is 4. The highest BCUT2D eigenvalue weighted by Gasteiger charge is 2.10.